The molecule has 1 aromatic carbocycles. The highest BCUT2D eigenvalue weighted by Crippen LogP contribution is 2.25. The van der Waals surface area contributed by atoms with Crippen LogP contribution in [0.4, 0.5) is 5.69 Å². The number of nitrogens with one attached hydrogen (secondary N) is 2. The number of fused-ring (bicyclic) bond motifs is 1. The number of carbonyl (C=O) groups is 1. The lowest BCUT2D eigenvalue weighted by atomic mass is 10.1. The summed E-state index contributed by atoms with van der Waals surface area (Å²) in [7, 11) is 0. The third-order valence-corrected chi connectivity index (χ3v) is 3.63. The first-order valence-corrected chi connectivity index (χ1v) is 7.58. The van der Waals surface area contributed by atoms with Crippen molar-refractivity contribution in [2.45, 2.75) is 33.1 Å². The summed E-state index contributed by atoms with van der Waals surface area (Å²) >= 11 is 6.33. The van der Waals surface area contributed by atoms with Crippen molar-refractivity contribution >= 4 is 51.7 Å². The van der Waals surface area contributed by atoms with Crippen LogP contribution < -0.4 is 10.6 Å². The quantitative estimate of drug-likeness (QED) is 0.850. The molecule has 0 aliphatic rings. The molecule has 20 heavy (non-hydrogen) atoms. The number of thiocarbonyl (C=S) groups is 1. The molecule has 106 valence electrons. The maximum Gasteiger partial charge on any atom is 0.226 e. The highest BCUT2D eigenvalue weighted by Gasteiger charge is 2.11. The monoisotopic (exact) mass is 308 g/mol. The Morgan fingerprint density at radius 1 is 1.40 bits per heavy atom. The summed E-state index contributed by atoms with van der Waals surface area (Å²) in [5.41, 5.74) is 3.41. The van der Waals surface area contributed by atoms with Crippen molar-refractivity contribution in [1.29, 1.82) is 0 Å². The van der Waals surface area contributed by atoms with E-state index in [4.69, 9.17) is 12.2 Å². The van der Waals surface area contributed by atoms with E-state index >= 15 is 0 Å². The predicted octanol–water partition coefficient (Wildman–Crippen LogP) is 3.00. The molecule has 2 rings (SSSR count). The van der Waals surface area contributed by atoms with Gasteiger partial charge in [-0.2, -0.15) is 8.75 Å². The first-order chi connectivity index (χ1) is 9.61. The fourth-order valence-electron chi connectivity index (χ4n) is 1.78. The second-order valence-corrected chi connectivity index (χ2v) is 5.43. The van der Waals surface area contributed by atoms with Crippen molar-refractivity contribution < 1.29 is 4.79 Å². The number of carbonyl (C=O) groups excluding carboxylic acids is 1. The minimum Gasteiger partial charge on any atom is -0.330 e. The van der Waals surface area contributed by atoms with Gasteiger partial charge in [-0.25, -0.2) is 0 Å². The second-order valence-electron chi connectivity index (χ2n) is 4.50. The summed E-state index contributed by atoms with van der Waals surface area (Å²) in [6.07, 6.45) is 2.33. The zero-order chi connectivity index (χ0) is 14.5. The van der Waals surface area contributed by atoms with Gasteiger partial charge < -0.3 is 10.6 Å². The lowest BCUT2D eigenvalue weighted by molar-refractivity contribution is -0.119. The zero-order valence-corrected chi connectivity index (χ0v) is 13.0. The molecule has 0 radical (unpaired) electrons. The van der Waals surface area contributed by atoms with E-state index in [-0.39, 0.29) is 5.91 Å². The van der Waals surface area contributed by atoms with Crippen LogP contribution in [0, 0.1) is 6.92 Å². The summed E-state index contributed by atoms with van der Waals surface area (Å²) in [6.45, 7) is 4.01. The summed E-state index contributed by atoms with van der Waals surface area (Å²) in [4.78, 5) is 11.6. The lowest BCUT2D eigenvalue weighted by Gasteiger charge is -2.11. The SMILES string of the molecule is CCCCC(=O)NC(=S)Nc1c(C)ccc2nsnc12. The topological polar surface area (TPSA) is 66.9 Å². The number of anilines is 1. The first kappa shape index (κ1) is 14.8. The highest BCUT2D eigenvalue weighted by atomic mass is 32.1. The number of rotatable bonds is 4. The van der Waals surface area contributed by atoms with Crippen LogP contribution in [0.15, 0.2) is 12.1 Å². The Balaban J connectivity index is 2.08. The van der Waals surface area contributed by atoms with Gasteiger partial charge in [-0.1, -0.05) is 19.4 Å². The normalized spacial score (nSPS) is 10.5. The molecule has 0 aliphatic heterocycles. The van der Waals surface area contributed by atoms with Crippen LogP contribution in [0.3, 0.4) is 0 Å². The van der Waals surface area contributed by atoms with Gasteiger partial charge in [-0.05, 0) is 37.2 Å². The first-order valence-electron chi connectivity index (χ1n) is 6.44. The largest absolute Gasteiger partial charge is 0.330 e. The standard InChI is InChI=1S/C13H16N4OS2/c1-3-4-5-10(18)14-13(19)15-11-8(2)6-7-9-12(11)17-20-16-9/h6-7H,3-5H2,1-2H3,(H2,14,15,18,19). The molecule has 0 saturated heterocycles. The molecule has 1 amide bonds. The van der Waals surface area contributed by atoms with Gasteiger partial charge in [0.2, 0.25) is 5.91 Å². The van der Waals surface area contributed by atoms with Crippen molar-refractivity contribution in [1.82, 2.24) is 14.1 Å². The van der Waals surface area contributed by atoms with Gasteiger partial charge in [0.1, 0.15) is 11.0 Å². The smallest absolute Gasteiger partial charge is 0.226 e. The number of hydrogen-bond donors (Lipinski definition) is 2. The summed E-state index contributed by atoms with van der Waals surface area (Å²) in [5.74, 6) is -0.0643. The molecule has 1 heterocycles. The number of nitrogens with zero attached hydrogens (tertiary/aromatic N) is 2. The van der Waals surface area contributed by atoms with E-state index < -0.39 is 0 Å². The molecule has 2 aromatic rings. The number of hydrogen-bond acceptors (Lipinski definition) is 5. The molecule has 7 heteroatoms. The van der Waals surface area contributed by atoms with Gasteiger partial charge in [-0.3, -0.25) is 4.79 Å². The lowest BCUT2D eigenvalue weighted by Crippen LogP contribution is -2.34. The summed E-state index contributed by atoms with van der Waals surface area (Å²) < 4.78 is 8.45. The minimum absolute atomic E-state index is 0.0643. The van der Waals surface area contributed by atoms with Gasteiger partial charge in [0.15, 0.2) is 5.11 Å². The molecule has 2 N–H and O–H groups in total. The molecular weight excluding hydrogens is 292 g/mol. The summed E-state index contributed by atoms with van der Waals surface area (Å²) in [5, 5.41) is 6.03. The average molecular weight is 308 g/mol. The Hall–Kier alpha value is -1.60. The van der Waals surface area contributed by atoms with E-state index in [1.807, 2.05) is 26.0 Å². The Kier molecular flexibility index (Phi) is 4.97. The summed E-state index contributed by atoms with van der Waals surface area (Å²) in [6, 6.07) is 3.87. The third-order valence-electron chi connectivity index (χ3n) is 2.89. The Labute approximate surface area is 127 Å². The van der Waals surface area contributed by atoms with Crippen molar-refractivity contribution in [2.24, 2.45) is 0 Å². The fraction of sp³-hybridized carbons (Fsp3) is 0.385. The van der Waals surface area contributed by atoms with Gasteiger partial charge in [0.05, 0.1) is 17.4 Å². The van der Waals surface area contributed by atoms with Crippen LogP contribution >= 0.6 is 23.9 Å². The predicted molar refractivity (Wildman–Crippen MR) is 86.0 cm³/mol. The highest BCUT2D eigenvalue weighted by molar-refractivity contribution is 7.80. The van der Waals surface area contributed by atoms with E-state index in [1.165, 1.54) is 0 Å². The van der Waals surface area contributed by atoms with Gasteiger partial charge >= 0.3 is 0 Å². The van der Waals surface area contributed by atoms with Crippen LogP contribution in [0.2, 0.25) is 0 Å². The van der Waals surface area contributed by atoms with Crippen molar-refractivity contribution in [2.75, 3.05) is 5.32 Å². The van der Waals surface area contributed by atoms with E-state index in [0.717, 1.165) is 46.9 Å². The number of benzene rings is 1. The van der Waals surface area contributed by atoms with Crippen molar-refractivity contribution in [3.8, 4) is 0 Å². The molecule has 0 saturated carbocycles. The molecule has 1 aromatic heterocycles. The molecule has 0 atom stereocenters. The maximum atomic E-state index is 11.6. The van der Waals surface area contributed by atoms with Gasteiger partial charge in [0.25, 0.3) is 0 Å². The molecule has 0 bridgehead atoms. The second kappa shape index (κ2) is 6.71. The number of aryl methyl sites for hydroxylation is 1. The Morgan fingerprint density at radius 3 is 2.95 bits per heavy atom. The molecule has 0 spiro atoms. The molecular formula is C13H16N4OS2. The van der Waals surface area contributed by atoms with Gasteiger partial charge in [0, 0.05) is 6.42 Å². The Morgan fingerprint density at radius 2 is 2.20 bits per heavy atom. The molecule has 0 aliphatic carbocycles. The van der Waals surface area contributed by atoms with E-state index in [2.05, 4.69) is 19.4 Å². The maximum absolute atomic E-state index is 11.6. The van der Waals surface area contributed by atoms with Gasteiger partial charge in [-0.15, -0.1) is 0 Å². The molecule has 0 unspecified atom stereocenters. The van der Waals surface area contributed by atoms with Crippen LogP contribution in [0.1, 0.15) is 31.7 Å². The fourth-order valence-corrected chi connectivity index (χ4v) is 2.54. The Bertz CT molecular complexity index is 638. The van der Waals surface area contributed by atoms with Crippen molar-refractivity contribution in [3.63, 3.8) is 0 Å². The number of unbranched alkanes of at least 4 members (excludes halogenated alkanes) is 1. The van der Waals surface area contributed by atoms with Crippen molar-refractivity contribution in [3.05, 3.63) is 17.7 Å². The van der Waals surface area contributed by atoms with E-state index in [0.29, 0.717) is 11.5 Å². The van der Waals surface area contributed by atoms with Crippen LogP contribution in [0.5, 0.6) is 0 Å². The van der Waals surface area contributed by atoms with E-state index in [9.17, 15) is 4.79 Å². The third kappa shape index (κ3) is 3.49. The molecule has 0 fully saturated rings. The van der Waals surface area contributed by atoms with Crippen LogP contribution in [-0.4, -0.2) is 19.8 Å². The molecule has 5 nitrogen and oxygen atoms in total. The number of amides is 1. The average Bonchev–Trinajstić information content (AvgIpc) is 2.88. The van der Waals surface area contributed by atoms with E-state index in [1.54, 1.807) is 0 Å². The zero-order valence-electron chi connectivity index (χ0n) is 11.4. The minimum atomic E-state index is -0.0643. The number of aromatic nitrogens is 2. The van der Waals surface area contributed by atoms with Crippen LogP contribution in [0.25, 0.3) is 11.0 Å². The van der Waals surface area contributed by atoms with Crippen LogP contribution in [-0.2, 0) is 4.79 Å².